The highest BCUT2D eigenvalue weighted by Crippen LogP contribution is 2.21. The van der Waals surface area contributed by atoms with Crippen molar-refractivity contribution in [2.75, 3.05) is 0 Å². The van der Waals surface area contributed by atoms with Crippen molar-refractivity contribution in [1.29, 1.82) is 0 Å². The van der Waals surface area contributed by atoms with Crippen LogP contribution in [0.1, 0.15) is 18.5 Å². The molecule has 0 aliphatic carbocycles. The molecule has 0 saturated carbocycles. The molecule has 0 spiro atoms. The predicted molar refractivity (Wildman–Crippen MR) is 60.3 cm³/mol. The van der Waals surface area contributed by atoms with Gasteiger partial charge >= 0.3 is 5.97 Å². The zero-order chi connectivity index (χ0) is 13.3. The van der Waals surface area contributed by atoms with E-state index in [0.29, 0.717) is 11.1 Å². The second kappa shape index (κ2) is 4.52. The highest BCUT2D eigenvalue weighted by atomic mass is 19.1. The summed E-state index contributed by atoms with van der Waals surface area (Å²) in [6.45, 7) is 3.19. The molecule has 6 nitrogen and oxygen atoms in total. The minimum Gasteiger partial charge on any atom is -0.480 e. The maximum atomic E-state index is 13.3. The first kappa shape index (κ1) is 12.2. The Morgan fingerprint density at radius 3 is 2.78 bits per heavy atom. The van der Waals surface area contributed by atoms with Crippen LogP contribution in [0.4, 0.5) is 4.39 Å². The van der Waals surface area contributed by atoms with Gasteiger partial charge in [-0.3, -0.25) is 0 Å². The molecule has 0 amide bonds. The van der Waals surface area contributed by atoms with Gasteiger partial charge in [0.25, 0.3) is 0 Å². The average Bonchev–Trinajstić information content (AvgIpc) is 2.75. The summed E-state index contributed by atoms with van der Waals surface area (Å²) in [6, 6.07) is 3.42. The molecule has 0 bridgehead atoms. The molecule has 0 radical (unpaired) electrons. The predicted octanol–water partition coefficient (Wildman–Crippen LogP) is 1.43. The number of aromatic nitrogens is 4. The zero-order valence-electron chi connectivity index (χ0n) is 9.83. The molecule has 0 aliphatic heterocycles. The van der Waals surface area contributed by atoms with E-state index in [0.717, 1.165) is 4.68 Å². The zero-order valence-corrected chi connectivity index (χ0v) is 9.83. The Kier molecular flexibility index (Phi) is 3.05. The molecule has 1 atom stereocenters. The molecule has 0 aliphatic rings. The Hall–Kier alpha value is -2.31. The van der Waals surface area contributed by atoms with E-state index in [2.05, 4.69) is 15.5 Å². The van der Waals surface area contributed by atoms with Crippen molar-refractivity contribution in [1.82, 2.24) is 20.2 Å². The number of hydrogen-bond acceptors (Lipinski definition) is 4. The number of halogens is 1. The summed E-state index contributed by atoms with van der Waals surface area (Å²) in [6.07, 6.45) is 0. The highest BCUT2D eigenvalue weighted by Gasteiger charge is 2.20. The van der Waals surface area contributed by atoms with E-state index < -0.39 is 17.8 Å². The minimum atomic E-state index is -1.06. The van der Waals surface area contributed by atoms with Gasteiger partial charge in [0, 0.05) is 5.56 Å². The highest BCUT2D eigenvalue weighted by molar-refractivity contribution is 5.72. The number of carboxylic acid groups (broad SMARTS) is 1. The molecule has 1 N–H and O–H groups in total. The molecule has 0 fully saturated rings. The van der Waals surface area contributed by atoms with Gasteiger partial charge in [0.2, 0.25) is 0 Å². The Morgan fingerprint density at radius 2 is 2.17 bits per heavy atom. The maximum absolute atomic E-state index is 13.3. The third-order valence-corrected chi connectivity index (χ3v) is 2.52. The van der Waals surface area contributed by atoms with Crippen LogP contribution in [0.2, 0.25) is 0 Å². The van der Waals surface area contributed by atoms with Crippen LogP contribution in [0, 0.1) is 12.7 Å². The minimum absolute atomic E-state index is 0.229. The number of tetrazole rings is 1. The molecule has 2 rings (SSSR count). The van der Waals surface area contributed by atoms with E-state index in [-0.39, 0.29) is 5.82 Å². The Morgan fingerprint density at radius 1 is 1.44 bits per heavy atom. The first-order chi connectivity index (χ1) is 8.49. The van der Waals surface area contributed by atoms with Crippen LogP contribution in [0.5, 0.6) is 0 Å². The monoisotopic (exact) mass is 250 g/mol. The summed E-state index contributed by atoms with van der Waals surface area (Å²) in [5, 5.41) is 19.8. The SMILES string of the molecule is Cc1cc(F)cc(-c2nnnn2C(C)C(=O)O)c1. The lowest BCUT2D eigenvalue weighted by Gasteiger charge is -2.09. The molecule has 18 heavy (non-hydrogen) atoms. The van der Waals surface area contributed by atoms with E-state index in [9.17, 15) is 9.18 Å². The first-order valence-corrected chi connectivity index (χ1v) is 5.27. The van der Waals surface area contributed by atoms with Crippen molar-refractivity contribution in [2.24, 2.45) is 0 Å². The van der Waals surface area contributed by atoms with E-state index in [4.69, 9.17) is 5.11 Å². The summed E-state index contributed by atoms with van der Waals surface area (Å²) < 4.78 is 14.5. The van der Waals surface area contributed by atoms with Gasteiger partial charge in [-0.25, -0.2) is 13.9 Å². The third-order valence-electron chi connectivity index (χ3n) is 2.52. The Bertz CT molecular complexity index is 576. The summed E-state index contributed by atoms with van der Waals surface area (Å²) in [5.41, 5.74) is 1.16. The number of nitrogens with zero attached hydrogens (tertiary/aromatic N) is 4. The molecule has 2 aromatic rings. The van der Waals surface area contributed by atoms with Gasteiger partial charge < -0.3 is 5.11 Å². The number of rotatable bonds is 3. The lowest BCUT2D eigenvalue weighted by atomic mass is 10.1. The molecule has 1 unspecified atom stereocenters. The number of aryl methyl sites for hydroxylation is 1. The standard InChI is InChI=1S/C11H11FN4O2/c1-6-3-8(5-9(12)4-6)10-13-14-15-16(10)7(2)11(17)18/h3-5,7H,1-2H3,(H,17,18). The largest absolute Gasteiger partial charge is 0.480 e. The van der Waals surface area contributed by atoms with E-state index >= 15 is 0 Å². The molecular weight excluding hydrogens is 239 g/mol. The van der Waals surface area contributed by atoms with Crippen molar-refractivity contribution in [2.45, 2.75) is 19.9 Å². The third kappa shape index (κ3) is 2.20. The van der Waals surface area contributed by atoms with E-state index in [1.165, 1.54) is 19.1 Å². The summed E-state index contributed by atoms with van der Waals surface area (Å²) in [4.78, 5) is 10.9. The normalized spacial score (nSPS) is 12.4. The van der Waals surface area contributed by atoms with Crippen molar-refractivity contribution in [3.8, 4) is 11.4 Å². The van der Waals surface area contributed by atoms with Gasteiger partial charge in [0.1, 0.15) is 5.82 Å². The van der Waals surface area contributed by atoms with Crippen LogP contribution in [0.25, 0.3) is 11.4 Å². The number of hydrogen-bond donors (Lipinski definition) is 1. The van der Waals surface area contributed by atoms with Crippen LogP contribution in [-0.4, -0.2) is 31.3 Å². The van der Waals surface area contributed by atoms with Crippen LogP contribution < -0.4 is 0 Å². The second-order valence-electron chi connectivity index (χ2n) is 3.98. The van der Waals surface area contributed by atoms with Crippen molar-refractivity contribution in [3.05, 3.63) is 29.6 Å². The number of carbonyl (C=O) groups is 1. The van der Waals surface area contributed by atoms with E-state index in [1.54, 1.807) is 13.0 Å². The maximum Gasteiger partial charge on any atom is 0.328 e. The smallest absolute Gasteiger partial charge is 0.328 e. The molecule has 1 aromatic carbocycles. The van der Waals surface area contributed by atoms with Gasteiger partial charge in [0.05, 0.1) is 0 Å². The van der Waals surface area contributed by atoms with Gasteiger partial charge in [-0.05, 0) is 48.0 Å². The fourth-order valence-corrected chi connectivity index (χ4v) is 1.61. The number of carboxylic acids is 1. The average molecular weight is 250 g/mol. The van der Waals surface area contributed by atoms with Crippen LogP contribution >= 0.6 is 0 Å². The summed E-state index contributed by atoms with van der Waals surface area (Å²) >= 11 is 0. The first-order valence-electron chi connectivity index (χ1n) is 5.27. The topological polar surface area (TPSA) is 80.9 Å². The molecule has 1 heterocycles. The van der Waals surface area contributed by atoms with Gasteiger partial charge in [-0.15, -0.1) is 5.10 Å². The van der Waals surface area contributed by atoms with Crippen molar-refractivity contribution in [3.63, 3.8) is 0 Å². The molecule has 0 saturated heterocycles. The molecular formula is C11H11FN4O2. The van der Waals surface area contributed by atoms with Crippen LogP contribution in [0.3, 0.4) is 0 Å². The van der Waals surface area contributed by atoms with Crippen molar-refractivity contribution < 1.29 is 14.3 Å². The molecule has 1 aromatic heterocycles. The Balaban J connectivity index is 2.51. The number of aliphatic carboxylic acids is 1. The quantitative estimate of drug-likeness (QED) is 0.891. The second-order valence-corrected chi connectivity index (χ2v) is 3.98. The van der Waals surface area contributed by atoms with Crippen molar-refractivity contribution >= 4 is 5.97 Å². The van der Waals surface area contributed by atoms with Crippen LogP contribution in [-0.2, 0) is 4.79 Å². The summed E-state index contributed by atoms with van der Waals surface area (Å²) in [7, 11) is 0. The summed E-state index contributed by atoms with van der Waals surface area (Å²) in [5.74, 6) is -1.24. The van der Waals surface area contributed by atoms with Gasteiger partial charge in [-0.2, -0.15) is 0 Å². The lowest BCUT2D eigenvalue weighted by molar-refractivity contribution is -0.140. The molecule has 94 valence electrons. The van der Waals surface area contributed by atoms with E-state index in [1.807, 2.05) is 0 Å². The fourth-order valence-electron chi connectivity index (χ4n) is 1.61. The van der Waals surface area contributed by atoms with Gasteiger partial charge in [0.15, 0.2) is 11.9 Å². The fraction of sp³-hybridized carbons (Fsp3) is 0.273. The lowest BCUT2D eigenvalue weighted by Crippen LogP contribution is -2.18. The van der Waals surface area contributed by atoms with Crippen LogP contribution in [0.15, 0.2) is 18.2 Å². The number of benzene rings is 1. The molecule has 7 heteroatoms. The van der Waals surface area contributed by atoms with Gasteiger partial charge in [-0.1, -0.05) is 0 Å². The Labute approximate surface area is 102 Å².